The normalized spacial score (nSPS) is 11.5. The molecule has 0 saturated heterocycles. The van der Waals surface area contributed by atoms with Crippen molar-refractivity contribution in [1.29, 1.82) is 0 Å². The van der Waals surface area contributed by atoms with Gasteiger partial charge in [-0.3, -0.25) is 10.1 Å². The average Bonchev–Trinajstić information content (AvgIpc) is 3.28. The summed E-state index contributed by atoms with van der Waals surface area (Å²) in [5.74, 6) is -0.925. The summed E-state index contributed by atoms with van der Waals surface area (Å²) < 4.78 is 14.4. The maximum atomic E-state index is 13.4. The van der Waals surface area contributed by atoms with Crippen LogP contribution in [0.25, 0.3) is 10.6 Å². The van der Waals surface area contributed by atoms with Crippen LogP contribution < -0.4 is 16.0 Å². The number of nitrogens with one attached hydrogen (secondary N) is 3. The standard InChI is InChI=1S/C24H19BrFN5O2S/c25-17-11-9-16(10-12-17)22-30-31-24(34-22)29-21(32)20(13-15-5-2-1-3-6-15)28-23(33)27-19-8-4-7-18(26)14-19/h1-12,14,20H,13H2,(H2,27,28,33)(H,29,31,32)/t20-/m1/s1. The van der Waals surface area contributed by atoms with Crippen molar-refractivity contribution in [2.75, 3.05) is 10.6 Å². The number of hydrogen-bond donors (Lipinski definition) is 3. The maximum absolute atomic E-state index is 13.4. The van der Waals surface area contributed by atoms with E-state index in [1.165, 1.54) is 29.5 Å². The summed E-state index contributed by atoms with van der Waals surface area (Å²) in [5, 5.41) is 17.1. The van der Waals surface area contributed by atoms with E-state index < -0.39 is 23.8 Å². The Bertz CT molecular complexity index is 1280. The maximum Gasteiger partial charge on any atom is 0.319 e. The fourth-order valence-electron chi connectivity index (χ4n) is 3.13. The first-order valence-electron chi connectivity index (χ1n) is 10.2. The fraction of sp³-hybridized carbons (Fsp3) is 0.0833. The molecule has 0 fully saturated rings. The molecule has 10 heteroatoms. The first-order valence-corrected chi connectivity index (χ1v) is 11.8. The molecule has 172 valence electrons. The van der Waals surface area contributed by atoms with E-state index in [1.807, 2.05) is 54.6 Å². The van der Waals surface area contributed by atoms with Crippen LogP contribution in [0.15, 0.2) is 83.3 Å². The molecular weight excluding hydrogens is 521 g/mol. The molecule has 0 aliphatic heterocycles. The van der Waals surface area contributed by atoms with Gasteiger partial charge in [0.25, 0.3) is 0 Å². The molecule has 3 N–H and O–H groups in total. The van der Waals surface area contributed by atoms with E-state index in [0.717, 1.165) is 15.6 Å². The van der Waals surface area contributed by atoms with Gasteiger partial charge in [0.15, 0.2) is 0 Å². The van der Waals surface area contributed by atoms with Gasteiger partial charge in [0.2, 0.25) is 11.0 Å². The van der Waals surface area contributed by atoms with Crippen LogP contribution >= 0.6 is 27.3 Å². The van der Waals surface area contributed by atoms with Crippen LogP contribution in [0.3, 0.4) is 0 Å². The molecule has 0 aliphatic carbocycles. The van der Waals surface area contributed by atoms with Gasteiger partial charge in [0, 0.05) is 22.1 Å². The number of hydrogen-bond acceptors (Lipinski definition) is 5. The van der Waals surface area contributed by atoms with Crippen LogP contribution in [0.2, 0.25) is 0 Å². The van der Waals surface area contributed by atoms with Gasteiger partial charge < -0.3 is 10.6 Å². The van der Waals surface area contributed by atoms with Crippen molar-refractivity contribution >= 4 is 50.0 Å². The summed E-state index contributed by atoms with van der Waals surface area (Å²) in [5.41, 5.74) is 2.01. The van der Waals surface area contributed by atoms with Gasteiger partial charge in [-0.2, -0.15) is 0 Å². The monoisotopic (exact) mass is 539 g/mol. The Balaban J connectivity index is 1.47. The van der Waals surface area contributed by atoms with E-state index >= 15 is 0 Å². The van der Waals surface area contributed by atoms with E-state index in [-0.39, 0.29) is 12.1 Å². The Hall–Kier alpha value is -3.63. The lowest BCUT2D eigenvalue weighted by Crippen LogP contribution is -2.46. The van der Waals surface area contributed by atoms with E-state index in [0.29, 0.717) is 10.1 Å². The molecule has 7 nitrogen and oxygen atoms in total. The lowest BCUT2D eigenvalue weighted by molar-refractivity contribution is -0.117. The lowest BCUT2D eigenvalue weighted by Gasteiger charge is -2.18. The van der Waals surface area contributed by atoms with E-state index in [9.17, 15) is 14.0 Å². The first-order chi connectivity index (χ1) is 16.5. The van der Waals surface area contributed by atoms with Crippen LogP contribution in [0.1, 0.15) is 5.56 Å². The van der Waals surface area contributed by atoms with Crippen LogP contribution in [-0.4, -0.2) is 28.2 Å². The first kappa shape index (κ1) is 23.5. The molecule has 3 amide bonds. The second kappa shape index (κ2) is 11.0. The third-order valence-electron chi connectivity index (χ3n) is 4.73. The summed E-state index contributed by atoms with van der Waals surface area (Å²) in [6, 6.07) is 20.9. The number of halogens is 2. The highest BCUT2D eigenvalue weighted by Crippen LogP contribution is 2.27. The highest BCUT2D eigenvalue weighted by atomic mass is 79.9. The van der Waals surface area contributed by atoms with E-state index in [2.05, 4.69) is 42.1 Å². The van der Waals surface area contributed by atoms with Crippen molar-refractivity contribution in [3.8, 4) is 10.6 Å². The topological polar surface area (TPSA) is 96.0 Å². The molecule has 3 aromatic carbocycles. The van der Waals surface area contributed by atoms with Crippen LogP contribution in [0.5, 0.6) is 0 Å². The van der Waals surface area contributed by atoms with Gasteiger partial charge in [-0.1, -0.05) is 75.8 Å². The number of carbonyl (C=O) groups is 2. The molecule has 0 saturated carbocycles. The number of rotatable bonds is 7. The van der Waals surface area contributed by atoms with Gasteiger partial charge in [0.05, 0.1) is 0 Å². The predicted octanol–water partition coefficient (Wildman–Crippen LogP) is 5.48. The highest BCUT2D eigenvalue weighted by Gasteiger charge is 2.23. The molecule has 0 aliphatic rings. The van der Waals surface area contributed by atoms with Gasteiger partial charge >= 0.3 is 6.03 Å². The molecule has 1 aromatic heterocycles. The molecule has 1 heterocycles. The van der Waals surface area contributed by atoms with Crippen molar-refractivity contribution in [2.45, 2.75) is 12.5 Å². The molecule has 0 unspecified atom stereocenters. The number of nitrogens with zero attached hydrogens (tertiary/aromatic N) is 2. The van der Waals surface area contributed by atoms with Crippen LogP contribution in [0, 0.1) is 5.82 Å². The Kier molecular flexibility index (Phi) is 7.61. The second-order valence-corrected chi connectivity index (χ2v) is 9.15. The highest BCUT2D eigenvalue weighted by molar-refractivity contribution is 9.10. The molecule has 0 bridgehead atoms. The summed E-state index contributed by atoms with van der Waals surface area (Å²) in [6.07, 6.45) is 0.252. The third kappa shape index (κ3) is 6.46. The van der Waals surface area contributed by atoms with Crippen molar-refractivity contribution < 1.29 is 14.0 Å². The van der Waals surface area contributed by atoms with Crippen molar-refractivity contribution in [3.63, 3.8) is 0 Å². The van der Waals surface area contributed by atoms with Gasteiger partial charge in [-0.05, 0) is 35.9 Å². The fourth-order valence-corrected chi connectivity index (χ4v) is 4.14. The zero-order valence-corrected chi connectivity index (χ0v) is 20.1. The minimum Gasteiger partial charge on any atom is -0.326 e. The smallest absolute Gasteiger partial charge is 0.319 e. The van der Waals surface area contributed by atoms with E-state index in [1.54, 1.807) is 6.07 Å². The zero-order chi connectivity index (χ0) is 23.9. The Labute approximate surface area is 207 Å². The van der Waals surface area contributed by atoms with Crippen molar-refractivity contribution in [1.82, 2.24) is 15.5 Å². The Morgan fingerprint density at radius 2 is 1.71 bits per heavy atom. The molecular formula is C24H19BrFN5O2S. The quantitative estimate of drug-likeness (QED) is 0.289. The minimum atomic E-state index is -0.906. The molecule has 4 aromatic rings. The molecule has 0 spiro atoms. The summed E-state index contributed by atoms with van der Waals surface area (Å²) >= 11 is 4.62. The SMILES string of the molecule is O=C(Nc1cccc(F)c1)N[C@H](Cc1ccccc1)C(=O)Nc1nnc(-c2ccc(Br)cc2)s1. The predicted molar refractivity (Wildman–Crippen MR) is 134 cm³/mol. The largest absolute Gasteiger partial charge is 0.326 e. The summed E-state index contributed by atoms with van der Waals surface area (Å²) in [6.45, 7) is 0. The Morgan fingerprint density at radius 3 is 2.44 bits per heavy atom. The molecule has 4 rings (SSSR count). The van der Waals surface area contributed by atoms with Crippen molar-refractivity contribution in [2.24, 2.45) is 0 Å². The summed E-state index contributed by atoms with van der Waals surface area (Å²) in [7, 11) is 0. The number of carbonyl (C=O) groups excluding carboxylic acids is 2. The lowest BCUT2D eigenvalue weighted by atomic mass is 10.1. The molecule has 34 heavy (non-hydrogen) atoms. The zero-order valence-electron chi connectivity index (χ0n) is 17.7. The van der Waals surface area contributed by atoms with Crippen LogP contribution in [0.4, 0.5) is 20.0 Å². The molecule has 0 radical (unpaired) electrons. The minimum absolute atomic E-state index is 0.252. The number of benzene rings is 3. The number of urea groups is 1. The molecule has 1 atom stereocenters. The second-order valence-electron chi connectivity index (χ2n) is 7.26. The number of amides is 3. The van der Waals surface area contributed by atoms with Gasteiger partial charge in [0.1, 0.15) is 16.9 Å². The number of anilines is 2. The van der Waals surface area contributed by atoms with Crippen LogP contribution in [-0.2, 0) is 11.2 Å². The summed E-state index contributed by atoms with van der Waals surface area (Å²) in [4.78, 5) is 25.6. The number of aromatic nitrogens is 2. The van der Waals surface area contributed by atoms with Gasteiger partial charge in [-0.15, -0.1) is 10.2 Å². The van der Waals surface area contributed by atoms with Gasteiger partial charge in [-0.25, -0.2) is 9.18 Å². The van der Waals surface area contributed by atoms with Crippen molar-refractivity contribution in [3.05, 3.63) is 94.7 Å². The third-order valence-corrected chi connectivity index (χ3v) is 6.15. The Morgan fingerprint density at radius 1 is 0.941 bits per heavy atom. The average molecular weight is 540 g/mol. The van der Waals surface area contributed by atoms with E-state index in [4.69, 9.17) is 0 Å².